The van der Waals surface area contributed by atoms with Gasteiger partial charge in [0.25, 0.3) is 5.69 Å². The van der Waals surface area contributed by atoms with Crippen molar-refractivity contribution in [1.29, 1.82) is 5.26 Å². The first-order valence-electron chi connectivity index (χ1n) is 10.4. The van der Waals surface area contributed by atoms with Crippen molar-refractivity contribution >= 4 is 34.4 Å². The van der Waals surface area contributed by atoms with Gasteiger partial charge in [0.1, 0.15) is 5.82 Å². The molecule has 2 N–H and O–H groups in total. The molecule has 4 rings (SSSR count). The molecule has 0 saturated heterocycles. The minimum Gasteiger partial charge on any atom is -0.384 e. The molecule has 33 heavy (non-hydrogen) atoms. The number of hydrogen-bond donors (Lipinski definition) is 1. The van der Waals surface area contributed by atoms with Gasteiger partial charge in [-0.2, -0.15) is 5.26 Å². The van der Waals surface area contributed by atoms with E-state index < -0.39 is 10.8 Å². The lowest BCUT2D eigenvalue weighted by molar-refractivity contribution is -0.384. The summed E-state index contributed by atoms with van der Waals surface area (Å²) >= 11 is 6.41. The van der Waals surface area contributed by atoms with Crippen LogP contribution in [0.5, 0.6) is 0 Å². The summed E-state index contributed by atoms with van der Waals surface area (Å²) in [6.45, 7) is 0. The molecule has 1 heterocycles. The van der Waals surface area contributed by atoms with Crippen LogP contribution in [0.15, 0.2) is 65.1 Å². The van der Waals surface area contributed by atoms with Crippen LogP contribution in [0.2, 0.25) is 5.02 Å². The number of ketones is 1. The van der Waals surface area contributed by atoms with Crippen molar-refractivity contribution < 1.29 is 9.72 Å². The van der Waals surface area contributed by atoms with Crippen LogP contribution in [-0.4, -0.2) is 24.8 Å². The Kier molecular flexibility index (Phi) is 5.83. The highest BCUT2D eigenvalue weighted by atomic mass is 35.5. The molecule has 2 aromatic rings. The van der Waals surface area contributed by atoms with Gasteiger partial charge in [0, 0.05) is 49.6 Å². The van der Waals surface area contributed by atoms with E-state index in [0.717, 1.165) is 11.3 Å². The lowest BCUT2D eigenvalue weighted by Crippen LogP contribution is -2.38. The molecule has 0 radical (unpaired) electrons. The summed E-state index contributed by atoms with van der Waals surface area (Å²) in [5.74, 6) is -0.452. The van der Waals surface area contributed by atoms with Gasteiger partial charge in [-0.1, -0.05) is 23.7 Å². The Bertz CT molecular complexity index is 1260. The van der Waals surface area contributed by atoms with E-state index in [2.05, 4.69) is 6.07 Å². The van der Waals surface area contributed by atoms with E-state index >= 15 is 0 Å². The molecule has 2 aliphatic rings. The number of carbonyl (C=O) groups excluding carboxylic acids is 1. The average Bonchev–Trinajstić information content (AvgIpc) is 2.79. The van der Waals surface area contributed by atoms with Crippen molar-refractivity contribution in [2.75, 3.05) is 23.9 Å². The summed E-state index contributed by atoms with van der Waals surface area (Å²) in [5.41, 5.74) is 10.0. The van der Waals surface area contributed by atoms with Gasteiger partial charge in [0.2, 0.25) is 0 Å². The molecule has 0 amide bonds. The molecule has 9 heteroatoms. The molecule has 1 unspecified atom stereocenters. The van der Waals surface area contributed by atoms with Crippen molar-refractivity contribution in [3.05, 3.63) is 85.8 Å². The number of allylic oxidation sites excluding steroid dienone is 3. The van der Waals surface area contributed by atoms with E-state index in [9.17, 15) is 20.2 Å². The molecule has 8 nitrogen and oxygen atoms in total. The second kappa shape index (κ2) is 8.60. The number of halogens is 1. The quantitative estimate of drug-likeness (QED) is 0.519. The molecule has 1 aliphatic heterocycles. The number of nitriles is 1. The summed E-state index contributed by atoms with van der Waals surface area (Å²) in [6, 6.07) is 14.0. The van der Waals surface area contributed by atoms with Gasteiger partial charge in [-0.3, -0.25) is 19.8 Å². The van der Waals surface area contributed by atoms with Gasteiger partial charge in [-0.15, -0.1) is 0 Å². The van der Waals surface area contributed by atoms with Gasteiger partial charge in [0.05, 0.1) is 33.2 Å². The van der Waals surface area contributed by atoms with E-state index in [1.807, 2.05) is 43.3 Å². The Morgan fingerprint density at radius 2 is 1.91 bits per heavy atom. The SMILES string of the molecule is CN(C)c1ccc(C2C(C#N)=C(N)N(c3ccc([N+](=O)[O-])cc3Cl)C3=C2C(=O)CCC3)cc1. The number of carbonyl (C=O) groups is 1. The molecular formula is C24H22ClN5O3. The second-order valence-corrected chi connectivity index (χ2v) is 8.60. The first-order valence-corrected chi connectivity index (χ1v) is 10.8. The Labute approximate surface area is 196 Å². The Hall–Kier alpha value is -3.83. The topological polar surface area (TPSA) is 116 Å². The summed E-state index contributed by atoms with van der Waals surface area (Å²) in [7, 11) is 3.87. The Morgan fingerprint density at radius 1 is 1.21 bits per heavy atom. The van der Waals surface area contributed by atoms with E-state index in [1.165, 1.54) is 18.2 Å². The fraction of sp³-hybridized carbons (Fsp3) is 0.250. The highest BCUT2D eigenvalue weighted by Gasteiger charge is 2.40. The van der Waals surface area contributed by atoms with Crippen LogP contribution in [0.4, 0.5) is 17.1 Å². The third-order valence-corrected chi connectivity index (χ3v) is 6.34. The molecule has 0 fully saturated rings. The van der Waals surface area contributed by atoms with Crippen LogP contribution in [0.3, 0.4) is 0 Å². The minimum absolute atomic E-state index is 0.0405. The smallest absolute Gasteiger partial charge is 0.271 e. The molecule has 0 saturated carbocycles. The number of nitro groups is 1. The zero-order chi connectivity index (χ0) is 23.9. The van der Waals surface area contributed by atoms with Gasteiger partial charge >= 0.3 is 0 Å². The van der Waals surface area contributed by atoms with Crippen molar-refractivity contribution in [2.24, 2.45) is 5.73 Å². The molecule has 1 atom stereocenters. The number of non-ortho nitro benzene ring substituents is 1. The van der Waals surface area contributed by atoms with E-state index in [0.29, 0.717) is 36.2 Å². The maximum Gasteiger partial charge on any atom is 0.271 e. The number of hydrogen-bond acceptors (Lipinski definition) is 7. The monoisotopic (exact) mass is 463 g/mol. The largest absolute Gasteiger partial charge is 0.384 e. The second-order valence-electron chi connectivity index (χ2n) is 8.20. The van der Waals surface area contributed by atoms with Gasteiger partial charge in [0.15, 0.2) is 5.78 Å². The number of nitrogens with two attached hydrogens (primary N) is 1. The van der Waals surface area contributed by atoms with Crippen LogP contribution in [0.25, 0.3) is 0 Å². The molecule has 1 aliphatic carbocycles. The number of Topliss-reactive ketones (excluding diaryl/α,β-unsaturated/α-hetero) is 1. The molecule has 0 spiro atoms. The van der Waals surface area contributed by atoms with Crippen LogP contribution >= 0.6 is 11.6 Å². The summed E-state index contributed by atoms with van der Waals surface area (Å²) < 4.78 is 0. The third-order valence-electron chi connectivity index (χ3n) is 6.04. The van der Waals surface area contributed by atoms with E-state index in [-0.39, 0.29) is 27.9 Å². The van der Waals surface area contributed by atoms with E-state index in [4.69, 9.17) is 17.3 Å². The van der Waals surface area contributed by atoms with Gasteiger partial charge in [-0.25, -0.2) is 0 Å². The highest BCUT2D eigenvalue weighted by molar-refractivity contribution is 6.33. The van der Waals surface area contributed by atoms with Crippen LogP contribution in [0.1, 0.15) is 30.7 Å². The summed E-state index contributed by atoms with van der Waals surface area (Å²) in [6.07, 6.45) is 1.59. The maximum atomic E-state index is 13.2. The molecule has 2 aromatic carbocycles. The Morgan fingerprint density at radius 3 is 2.48 bits per heavy atom. The average molecular weight is 464 g/mol. The van der Waals surface area contributed by atoms with Gasteiger partial charge in [-0.05, 0) is 36.6 Å². The molecule has 168 valence electrons. The number of anilines is 2. The fourth-order valence-electron chi connectivity index (χ4n) is 4.45. The lowest BCUT2D eigenvalue weighted by atomic mass is 9.75. The highest BCUT2D eigenvalue weighted by Crippen LogP contribution is 2.47. The van der Waals surface area contributed by atoms with Crippen LogP contribution in [-0.2, 0) is 4.79 Å². The number of nitro benzene ring substituents is 1. The number of nitrogens with zero attached hydrogens (tertiary/aromatic N) is 4. The zero-order valence-electron chi connectivity index (χ0n) is 18.2. The minimum atomic E-state index is -0.581. The fourth-order valence-corrected chi connectivity index (χ4v) is 4.71. The first-order chi connectivity index (χ1) is 15.7. The molecular weight excluding hydrogens is 442 g/mol. The zero-order valence-corrected chi connectivity index (χ0v) is 19.0. The normalized spacial score (nSPS) is 18.2. The summed E-state index contributed by atoms with van der Waals surface area (Å²) in [5, 5.41) is 21.3. The number of benzene rings is 2. The predicted molar refractivity (Wildman–Crippen MR) is 127 cm³/mol. The van der Waals surface area contributed by atoms with Crippen LogP contribution in [0, 0.1) is 21.4 Å². The summed E-state index contributed by atoms with van der Waals surface area (Å²) in [4.78, 5) is 27.4. The maximum absolute atomic E-state index is 13.2. The van der Waals surface area contributed by atoms with Crippen LogP contribution < -0.4 is 15.5 Å². The Balaban J connectivity index is 1.92. The van der Waals surface area contributed by atoms with Gasteiger partial charge < -0.3 is 10.6 Å². The molecule has 0 bridgehead atoms. The predicted octanol–water partition coefficient (Wildman–Crippen LogP) is 4.62. The molecule has 0 aromatic heterocycles. The first kappa shape index (κ1) is 22.4. The van der Waals surface area contributed by atoms with E-state index in [1.54, 1.807) is 4.90 Å². The van der Waals surface area contributed by atoms with Crippen molar-refractivity contribution in [3.8, 4) is 6.07 Å². The van der Waals surface area contributed by atoms with Crippen molar-refractivity contribution in [2.45, 2.75) is 25.2 Å². The lowest BCUT2D eigenvalue weighted by Gasteiger charge is -2.40. The van der Waals surface area contributed by atoms with Crippen molar-refractivity contribution in [1.82, 2.24) is 0 Å². The standard InChI is InChI=1S/C24H22ClN5O3/c1-28(2)15-8-6-14(7-9-15)22-17(13-26)24(27)29(20-4-3-5-21(31)23(20)22)19-11-10-16(30(32)33)12-18(19)25/h6-12,22H,3-5,27H2,1-2H3. The van der Waals surface area contributed by atoms with Crippen molar-refractivity contribution in [3.63, 3.8) is 0 Å². The third kappa shape index (κ3) is 3.81. The number of rotatable bonds is 4.